The number of nitrogens with one attached hydrogen (secondary N) is 3. The number of carbonyl (C=O) groups is 4. The number of aliphatic carboxylic acids is 1. The van der Waals surface area contributed by atoms with Gasteiger partial charge in [-0.15, -0.1) is 0 Å². The van der Waals surface area contributed by atoms with Gasteiger partial charge in [-0.2, -0.15) is 24.4 Å². The molecule has 0 spiro atoms. The predicted molar refractivity (Wildman–Crippen MR) is 109 cm³/mol. The van der Waals surface area contributed by atoms with Gasteiger partial charge in [-0.05, 0) is 30.8 Å². The van der Waals surface area contributed by atoms with E-state index in [2.05, 4.69) is 28.6 Å². The highest BCUT2D eigenvalue weighted by Gasteiger charge is 2.25. The fourth-order valence-electron chi connectivity index (χ4n) is 2.10. The lowest BCUT2D eigenvalue weighted by Gasteiger charge is -2.20. The van der Waals surface area contributed by atoms with Crippen LogP contribution in [0.2, 0.25) is 0 Å². The van der Waals surface area contributed by atoms with Gasteiger partial charge in [0.1, 0.15) is 12.1 Å². The number of thioether (sulfide) groups is 1. The van der Waals surface area contributed by atoms with Gasteiger partial charge in [0, 0.05) is 5.75 Å². The first-order valence-corrected chi connectivity index (χ1v) is 10.6. The largest absolute Gasteiger partial charge is 0.480 e. The molecule has 6 N–H and O–H groups in total. The average molecular weight is 423 g/mol. The van der Waals surface area contributed by atoms with E-state index in [1.165, 1.54) is 11.8 Å². The van der Waals surface area contributed by atoms with E-state index in [9.17, 15) is 19.2 Å². The summed E-state index contributed by atoms with van der Waals surface area (Å²) in [6.45, 7) is 3.31. The highest BCUT2D eigenvalue weighted by Crippen LogP contribution is 2.05. The van der Waals surface area contributed by atoms with E-state index in [4.69, 9.17) is 10.8 Å². The quantitative estimate of drug-likeness (QED) is 0.213. The van der Waals surface area contributed by atoms with Crippen LogP contribution in [0, 0.1) is 5.92 Å². The van der Waals surface area contributed by atoms with Gasteiger partial charge in [0.15, 0.2) is 0 Å². The van der Waals surface area contributed by atoms with Gasteiger partial charge in [0.05, 0.1) is 12.6 Å². The van der Waals surface area contributed by atoms with Crippen LogP contribution in [0.5, 0.6) is 0 Å². The Morgan fingerprint density at radius 3 is 2.22 bits per heavy atom. The smallest absolute Gasteiger partial charge is 0.326 e. The molecule has 0 heterocycles. The topological polar surface area (TPSA) is 151 Å². The summed E-state index contributed by atoms with van der Waals surface area (Å²) in [5.74, 6) is -1.93. The summed E-state index contributed by atoms with van der Waals surface area (Å²) < 4.78 is 0. The molecule has 0 aromatic carbocycles. The molecule has 0 saturated heterocycles. The van der Waals surface area contributed by atoms with E-state index in [-0.39, 0.29) is 24.6 Å². The Bertz CT molecular complexity index is 519. The van der Waals surface area contributed by atoms with Crippen molar-refractivity contribution in [3.8, 4) is 0 Å². The molecule has 0 rings (SSSR count). The van der Waals surface area contributed by atoms with E-state index in [1.807, 2.05) is 20.1 Å². The monoisotopic (exact) mass is 422 g/mol. The Labute approximate surface area is 169 Å². The van der Waals surface area contributed by atoms with Gasteiger partial charge in [0.25, 0.3) is 0 Å². The van der Waals surface area contributed by atoms with Gasteiger partial charge in [0.2, 0.25) is 17.7 Å². The molecule has 0 radical (unpaired) electrons. The summed E-state index contributed by atoms with van der Waals surface area (Å²) in [5.41, 5.74) is 5.59. The molecule has 3 amide bonds. The first-order chi connectivity index (χ1) is 12.6. The molecule has 0 aromatic heterocycles. The van der Waals surface area contributed by atoms with Gasteiger partial charge in [-0.3, -0.25) is 14.4 Å². The van der Waals surface area contributed by atoms with Crippen LogP contribution in [0.4, 0.5) is 0 Å². The van der Waals surface area contributed by atoms with Crippen LogP contribution >= 0.6 is 24.4 Å². The Morgan fingerprint density at radius 2 is 1.74 bits per heavy atom. The van der Waals surface area contributed by atoms with Gasteiger partial charge in [-0.1, -0.05) is 13.8 Å². The third-order valence-corrected chi connectivity index (χ3v) is 4.58. The highest BCUT2D eigenvalue weighted by molar-refractivity contribution is 7.98. The fourth-order valence-corrected chi connectivity index (χ4v) is 2.73. The third-order valence-electron chi connectivity index (χ3n) is 3.54. The molecule has 0 aliphatic heterocycles. The van der Waals surface area contributed by atoms with Crippen LogP contribution in [0.1, 0.15) is 26.7 Å². The second kappa shape index (κ2) is 13.7. The van der Waals surface area contributed by atoms with Gasteiger partial charge >= 0.3 is 5.97 Å². The van der Waals surface area contributed by atoms with Crippen LogP contribution in [0.15, 0.2) is 0 Å². The van der Waals surface area contributed by atoms with E-state index >= 15 is 0 Å². The van der Waals surface area contributed by atoms with Crippen LogP contribution in [0.25, 0.3) is 0 Å². The highest BCUT2D eigenvalue weighted by atomic mass is 32.2. The minimum atomic E-state index is -1.13. The van der Waals surface area contributed by atoms with Crippen molar-refractivity contribution in [2.24, 2.45) is 11.7 Å². The minimum Gasteiger partial charge on any atom is -0.480 e. The second-order valence-corrected chi connectivity index (χ2v) is 7.79. The van der Waals surface area contributed by atoms with E-state index in [1.54, 1.807) is 0 Å². The molecule has 0 aliphatic carbocycles. The molecule has 11 heteroatoms. The Kier molecular flexibility index (Phi) is 12.9. The van der Waals surface area contributed by atoms with Crippen molar-refractivity contribution in [2.75, 3.05) is 24.3 Å². The molecule has 0 saturated carbocycles. The van der Waals surface area contributed by atoms with E-state index < -0.39 is 41.8 Å². The van der Waals surface area contributed by atoms with Gasteiger partial charge in [-0.25, -0.2) is 4.79 Å². The fraction of sp³-hybridized carbons (Fsp3) is 0.750. The predicted octanol–water partition coefficient (Wildman–Crippen LogP) is -0.787. The zero-order valence-corrected chi connectivity index (χ0v) is 17.6. The molecule has 156 valence electrons. The maximum atomic E-state index is 12.3. The molecular weight excluding hydrogens is 392 g/mol. The van der Waals surface area contributed by atoms with Crippen LogP contribution in [-0.2, 0) is 19.2 Å². The van der Waals surface area contributed by atoms with Crippen molar-refractivity contribution in [1.29, 1.82) is 0 Å². The number of carbonyl (C=O) groups excluding carboxylic acids is 3. The molecule has 3 unspecified atom stereocenters. The van der Waals surface area contributed by atoms with Crippen molar-refractivity contribution in [3.63, 3.8) is 0 Å². The van der Waals surface area contributed by atoms with E-state index in [0.29, 0.717) is 12.2 Å². The molecule has 0 aliphatic rings. The summed E-state index contributed by atoms with van der Waals surface area (Å²) in [6, 6.07) is -2.70. The number of rotatable bonds is 13. The van der Waals surface area contributed by atoms with Crippen molar-refractivity contribution in [2.45, 2.75) is 44.8 Å². The zero-order valence-electron chi connectivity index (χ0n) is 15.9. The third kappa shape index (κ3) is 11.1. The lowest BCUT2D eigenvalue weighted by atomic mass is 10.0. The number of thiol groups is 1. The second-order valence-electron chi connectivity index (χ2n) is 6.44. The van der Waals surface area contributed by atoms with Crippen molar-refractivity contribution in [3.05, 3.63) is 0 Å². The molecule has 27 heavy (non-hydrogen) atoms. The number of hydrogen-bond donors (Lipinski definition) is 6. The average Bonchev–Trinajstić information content (AvgIpc) is 2.60. The number of carboxylic acids is 1. The summed E-state index contributed by atoms with van der Waals surface area (Å²) in [5, 5.41) is 16.5. The summed E-state index contributed by atoms with van der Waals surface area (Å²) >= 11 is 5.46. The molecular formula is C16H30N4O5S2. The Hall–Kier alpha value is -1.46. The van der Waals surface area contributed by atoms with Crippen LogP contribution < -0.4 is 21.7 Å². The Morgan fingerprint density at radius 1 is 1.11 bits per heavy atom. The van der Waals surface area contributed by atoms with Crippen LogP contribution in [0.3, 0.4) is 0 Å². The molecule has 9 nitrogen and oxygen atoms in total. The maximum absolute atomic E-state index is 12.3. The number of nitrogens with two attached hydrogens (primary N) is 1. The van der Waals surface area contributed by atoms with E-state index in [0.717, 1.165) is 0 Å². The van der Waals surface area contributed by atoms with Crippen molar-refractivity contribution < 1.29 is 24.3 Å². The summed E-state index contributed by atoms with van der Waals surface area (Å²) in [6.07, 6.45) is 2.51. The summed E-state index contributed by atoms with van der Waals surface area (Å²) in [4.78, 5) is 47.3. The van der Waals surface area contributed by atoms with Crippen molar-refractivity contribution >= 4 is 48.1 Å². The number of hydrogen-bond acceptors (Lipinski definition) is 7. The normalized spacial score (nSPS) is 14.1. The standard InChI is InChI=1S/C16H30N4O5S2/c1-9(2)6-12(16(24)25)19-13(21)7-18-15(23)11(4-5-27-3)20-14(22)10(17)8-26/h9-12,26H,4-8,17H2,1-3H3,(H,18,23)(H,19,21)(H,20,22)(H,24,25). The molecule has 0 fully saturated rings. The molecule has 0 aromatic rings. The Balaban J connectivity index is 4.70. The lowest BCUT2D eigenvalue weighted by molar-refractivity contribution is -0.142. The number of carboxylic acid groups (broad SMARTS) is 1. The first kappa shape index (κ1) is 25.5. The van der Waals surface area contributed by atoms with Crippen LogP contribution in [-0.4, -0.2) is 71.2 Å². The van der Waals surface area contributed by atoms with Crippen molar-refractivity contribution in [1.82, 2.24) is 16.0 Å². The number of amides is 3. The minimum absolute atomic E-state index is 0.0863. The molecule has 3 atom stereocenters. The maximum Gasteiger partial charge on any atom is 0.326 e. The molecule has 0 bridgehead atoms. The summed E-state index contributed by atoms with van der Waals surface area (Å²) in [7, 11) is 0. The lowest BCUT2D eigenvalue weighted by Crippen LogP contribution is -2.54. The SMILES string of the molecule is CSCCC(NC(=O)C(N)CS)C(=O)NCC(=O)NC(CC(C)C)C(=O)O. The zero-order chi connectivity index (χ0) is 21.0. The van der Waals surface area contributed by atoms with Gasteiger partial charge < -0.3 is 26.8 Å². The first-order valence-electron chi connectivity index (χ1n) is 8.57.